The van der Waals surface area contributed by atoms with Gasteiger partial charge in [0, 0.05) is 5.69 Å². The monoisotopic (exact) mass is 345 g/mol. The Morgan fingerprint density at radius 2 is 1.61 bits per heavy atom. The molecule has 0 aromatic heterocycles. The third-order valence-electron chi connectivity index (χ3n) is 2.96. The molecule has 4 nitrogen and oxygen atoms in total. The van der Waals surface area contributed by atoms with Crippen molar-refractivity contribution in [3.05, 3.63) is 53.6 Å². The van der Waals surface area contributed by atoms with Gasteiger partial charge in [0.15, 0.2) is 0 Å². The fraction of sp³-hybridized carbons (Fsp3) is 0.200. The number of alkyl halides is 3. The van der Waals surface area contributed by atoms with Gasteiger partial charge in [-0.3, -0.25) is 4.72 Å². The summed E-state index contributed by atoms with van der Waals surface area (Å²) in [6.07, 6.45) is -4.79. The summed E-state index contributed by atoms with van der Waals surface area (Å²) < 4.78 is 66.9. The van der Waals surface area contributed by atoms with Crippen molar-refractivity contribution in [3.63, 3.8) is 0 Å². The number of sulfonamides is 1. The maximum Gasteiger partial charge on any atom is 0.573 e. The van der Waals surface area contributed by atoms with Gasteiger partial charge in [-0.1, -0.05) is 17.7 Å². The van der Waals surface area contributed by atoms with E-state index in [1.165, 1.54) is 18.2 Å². The molecule has 0 atom stereocenters. The van der Waals surface area contributed by atoms with Crippen molar-refractivity contribution in [2.24, 2.45) is 0 Å². The Balaban J connectivity index is 2.21. The maximum absolute atomic E-state index is 12.3. The SMILES string of the molecule is Cc1ccc(S(=O)(=O)Nc2ccc(OC(F)(F)F)cc2)c(C)c1. The Morgan fingerprint density at radius 3 is 2.13 bits per heavy atom. The molecule has 124 valence electrons. The van der Waals surface area contributed by atoms with Gasteiger partial charge in [-0.05, 0) is 49.7 Å². The number of nitrogens with one attached hydrogen (secondary N) is 1. The van der Waals surface area contributed by atoms with Crippen molar-refractivity contribution < 1.29 is 26.3 Å². The van der Waals surface area contributed by atoms with E-state index in [1.807, 2.05) is 6.92 Å². The lowest BCUT2D eigenvalue weighted by molar-refractivity contribution is -0.274. The highest BCUT2D eigenvalue weighted by Gasteiger charge is 2.31. The lowest BCUT2D eigenvalue weighted by Crippen LogP contribution is -2.17. The molecule has 23 heavy (non-hydrogen) atoms. The predicted molar refractivity (Wildman–Crippen MR) is 79.8 cm³/mol. The van der Waals surface area contributed by atoms with E-state index in [4.69, 9.17) is 0 Å². The number of hydrogen-bond donors (Lipinski definition) is 1. The molecule has 0 amide bonds. The lowest BCUT2D eigenvalue weighted by Gasteiger charge is -2.12. The highest BCUT2D eigenvalue weighted by atomic mass is 32.2. The van der Waals surface area contributed by atoms with E-state index >= 15 is 0 Å². The fourth-order valence-electron chi connectivity index (χ4n) is 2.04. The van der Waals surface area contributed by atoms with E-state index in [2.05, 4.69) is 9.46 Å². The van der Waals surface area contributed by atoms with E-state index in [1.54, 1.807) is 19.1 Å². The van der Waals surface area contributed by atoms with Gasteiger partial charge in [0.25, 0.3) is 10.0 Å². The first-order chi connectivity index (χ1) is 10.6. The van der Waals surface area contributed by atoms with Gasteiger partial charge in [0.1, 0.15) is 5.75 Å². The van der Waals surface area contributed by atoms with Gasteiger partial charge in [-0.2, -0.15) is 0 Å². The van der Waals surface area contributed by atoms with Crippen LogP contribution >= 0.6 is 0 Å². The van der Waals surface area contributed by atoms with Crippen molar-refractivity contribution in [2.45, 2.75) is 25.1 Å². The summed E-state index contributed by atoms with van der Waals surface area (Å²) in [6, 6.07) is 9.34. The van der Waals surface area contributed by atoms with E-state index < -0.39 is 22.1 Å². The Kier molecular flexibility index (Phi) is 4.56. The average molecular weight is 345 g/mol. The van der Waals surface area contributed by atoms with E-state index in [0.29, 0.717) is 5.56 Å². The van der Waals surface area contributed by atoms with Crippen LogP contribution in [-0.2, 0) is 10.0 Å². The zero-order valence-corrected chi connectivity index (χ0v) is 13.1. The molecule has 0 radical (unpaired) electrons. The number of anilines is 1. The second-order valence-electron chi connectivity index (χ2n) is 4.95. The van der Waals surface area contributed by atoms with Crippen LogP contribution in [0.5, 0.6) is 5.75 Å². The van der Waals surface area contributed by atoms with Crippen LogP contribution in [-0.4, -0.2) is 14.8 Å². The number of aryl methyl sites for hydroxylation is 2. The van der Waals surface area contributed by atoms with Crippen molar-refractivity contribution >= 4 is 15.7 Å². The molecular weight excluding hydrogens is 331 g/mol. The first-order valence-corrected chi connectivity index (χ1v) is 8.01. The molecule has 8 heteroatoms. The first-order valence-electron chi connectivity index (χ1n) is 6.53. The van der Waals surface area contributed by atoms with E-state index in [9.17, 15) is 21.6 Å². The standard InChI is InChI=1S/C15H14F3NO3S/c1-10-3-8-14(11(2)9-10)23(20,21)19-12-4-6-13(7-5-12)22-15(16,17)18/h3-9,19H,1-2H3. The summed E-state index contributed by atoms with van der Waals surface area (Å²) in [6.45, 7) is 3.51. The molecule has 2 rings (SSSR count). The summed E-state index contributed by atoms with van der Waals surface area (Å²) in [5.41, 5.74) is 1.64. The number of benzene rings is 2. The molecule has 0 aliphatic carbocycles. The van der Waals surface area contributed by atoms with E-state index in [0.717, 1.165) is 17.7 Å². The molecule has 1 N–H and O–H groups in total. The zero-order valence-electron chi connectivity index (χ0n) is 12.3. The second kappa shape index (κ2) is 6.11. The minimum absolute atomic E-state index is 0.110. The molecule has 0 unspecified atom stereocenters. The molecule has 0 spiro atoms. The van der Waals surface area contributed by atoms with Gasteiger partial charge in [-0.25, -0.2) is 8.42 Å². The van der Waals surface area contributed by atoms with Crippen LogP contribution in [0.2, 0.25) is 0 Å². The van der Waals surface area contributed by atoms with E-state index in [-0.39, 0.29) is 10.6 Å². The third-order valence-corrected chi connectivity index (χ3v) is 4.50. The van der Waals surface area contributed by atoms with Gasteiger partial charge in [0.05, 0.1) is 4.90 Å². The van der Waals surface area contributed by atoms with Crippen molar-refractivity contribution in [3.8, 4) is 5.75 Å². The molecule has 0 saturated carbocycles. The number of hydrogen-bond acceptors (Lipinski definition) is 3. The van der Waals surface area contributed by atoms with Gasteiger partial charge in [-0.15, -0.1) is 13.2 Å². The summed E-state index contributed by atoms with van der Waals surface area (Å²) in [5, 5.41) is 0. The molecule has 0 fully saturated rings. The molecule has 0 aliphatic heterocycles. The van der Waals surface area contributed by atoms with Crippen molar-refractivity contribution in [1.29, 1.82) is 0 Å². The summed E-state index contributed by atoms with van der Waals surface area (Å²) in [5.74, 6) is -0.424. The van der Waals surface area contributed by atoms with Crippen molar-refractivity contribution in [1.82, 2.24) is 0 Å². The lowest BCUT2D eigenvalue weighted by atomic mass is 10.2. The molecule has 0 heterocycles. The summed E-state index contributed by atoms with van der Waals surface area (Å²) >= 11 is 0. The van der Waals surface area contributed by atoms with Gasteiger partial charge >= 0.3 is 6.36 Å². The third kappa shape index (κ3) is 4.62. The largest absolute Gasteiger partial charge is 0.573 e. The van der Waals surface area contributed by atoms with Crippen molar-refractivity contribution in [2.75, 3.05) is 4.72 Å². The molecule has 2 aromatic rings. The van der Waals surface area contributed by atoms with Crippen LogP contribution in [0.25, 0.3) is 0 Å². The minimum Gasteiger partial charge on any atom is -0.406 e. The number of rotatable bonds is 4. The molecular formula is C15H14F3NO3S. The summed E-state index contributed by atoms with van der Waals surface area (Å²) in [7, 11) is -3.82. The van der Waals surface area contributed by atoms with Crippen LogP contribution in [0.3, 0.4) is 0 Å². The number of halogens is 3. The molecule has 0 bridgehead atoms. The highest BCUT2D eigenvalue weighted by Crippen LogP contribution is 2.25. The average Bonchev–Trinajstić information content (AvgIpc) is 2.38. The normalized spacial score (nSPS) is 12.0. The summed E-state index contributed by atoms with van der Waals surface area (Å²) in [4.78, 5) is 0.110. The topological polar surface area (TPSA) is 55.4 Å². The quantitative estimate of drug-likeness (QED) is 0.911. The van der Waals surface area contributed by atoms with Gasteiger partial charge in [0.2, 0.25) is 0 Å². The minimum atomic E-state index is -4.79. The molecule has 0 saturated heterocycles. The number of ether oxygens (including phenoxy) is 1. The zero-order chi connectivity index (χ0) is 17.3. The highest BCUT2D eigenvalue weighted by molar-refractivity contribution is 7.92. The molecule has 2 aromatic carbocycles. The van der Waals surface area contributed by atoms with Crippen LogP contribution in [0, 0.1) is 13.8 Å². The maximum atomic E-state index is 12.3. The van der Waals surface area contributed by atoms with Crippen LogP contribution in [0.1, 0.15) is 11.1 Å². The Hall–Kier alpha value is -2.22. The fourth-order valence-corrected chi connectivity index (χ4v) is 3.32. The Bertz CT molecular complexity index is 800. The molecule has 0 aliphatic rings. The van der Waals surface area contributed by atoms with Gasteiger partial charge < -0.3 is 4.74 Å². The van der Waals surface area contributed by atoms with Crippen LogP contribution < -0.4 is 9.46 Å². The predicted octanol–water partition coefficient (Wildman–Crippen LogP) is 4.00. The van der Waals surface area contributed by atoms with Crippen LogP contribution in [0.15, 0.2) is 47.4 Å². The Morgan fingerprint density at radius 1 is 1.00 bits per heavy atom. The smallest absolute Gasteiger partial charge is 0.406 e. The first kappa shape index (κ1) is 17.1. The second-order valence-corrected chi connectivity index (χ2v) is 6.60. The van der Waals surface area contributed by atoms with Crippen LogP contribution in [0.4, 0.5) is 18.9 Å². The Labute approximate surface area is 132 Å².